The van der Waals surface area contributed by atoms with Crippen LogP contribution < -0.4 is 5.32 Å². The summed E-state index contributed by atoms with van der Waals surface area (Å²) in [6, 6.07) is 0. The lowest BCUT2D eigenvalue weighted by atomic mass is 9.94. The minimum Gasteiger partial charge on any atom is -0.394 e. The number of aliphatic hydroxyl groups is 1. The molecule has 0 amide bonds. The second kappa shape index (κ2) is 6.57. The Labute approximate surface area is 102 Å². The van der Waals surface area contributed by atoms with Gasteiger partial charge in [-0.3, -0.25) is 4.68 Å². The van der Waals surface area contributed by atoms with Crippen molar-refractivity contribution in [2.24, 2.45) is 5.92 Å². The summed E-state index contributed by atoms with van der Waals surface area (Å²) >= 11 is 0. The van der Waals surface area contributed by atoms with Gasteiger partial charge in [0.05, 0.1) is 19.3 Å². The van der Waals surface area contributed by atoms with Crippen molar-refractivity contribution in [3.05, 3.63) is 30.1 Å². The van der Waals surface area contributed by atoms with E-state index in [0.29, 0.717) is 6.54 Å². The molecule has 2 rings (SSSR count). The molecule has 2 N–H and O–H groups in total. The number of hydrogen-bond donors (Lipinski definition) is 2. The molecule has 0 aliphatic heterocycles. The average Bonchev–Trinajstić information content (AvgIpc) is 2.79. The molecule has 0 saturated carbocycles. The van der Waals surface area contributed by atoms with Crippen LogP contribution >= 0.6 is 0 Å². The Kier molecular flexibility index (Phi) is 4.76. The van der Waals surface area contributed by atoms with E-state index in [4.69, 9.17) is 5.11 Å². The maximum absolute atomic E-state index is 8.79. The van der Waals surface area contributed by atoms with Crippen molar-refractivity contribution in [2.45, 2.75) is 32.4 Å². The lowest BCUT2D eigenvalue weighted by Crippen LogP contribution is -2.22. The van der Waals surface area contributed by atoms with Crippen LogP contribution in [-0.2, 0) is 13.1 Å². The van der Waals surface area contributed by atoms with Gasteiger partial charge < -0.3 is 10.4 Å². The quantitative estimate of drug-likeness (QED) is 0.731. The van der Waals surface area contributed by atoms with E-state index in [2.05, 4.69) is 22.6 Å². The fourth-order valence-corrected chi connectivity index (χ4v) is 2.18. The average molecular weight is 235 g/mol. The normalized spacial score (nSPS) is 19.7. The molecule has 1 atom stereocenters. The van der Waals surface area contributed by atoms with Gasteiger partial charge >= 0.3 is 0 Å². The van der Waals surface area contributed by atoms with Crippen LogP contribution in [0.25, 0.3) is 0 Å². The molecule has 94 valence electrons. The summed E-state index contributed by atoms with van der Waals surface area (Å²) < 4.78 is 1.78. The minimum absolute atomic E-state index is 0.142. The summed E-state index contributed by atoms with van der Waals surface area (Å²) in [7, 11) is 0. The van der Waals surface area contributed by atoms with E-state index in [1.165, 1.54) is 24.8 Å². The van der Waals surface area contributed by atoms with Crippen LogP contribution in [0.3, 0.4) is 0 Å². The number of nitrogens with one attached hydrogen (secondary N) is 1. The van der Waals surface area contributed by atoms with E-state index >= 15 is 0 Å². The van der Waals surface area contributed by atoms with Crippen LogP contribution in [0.2, 0.25) is 0 Å². The summed E-state index contributed by atoms with van der Waals surface area (Å²) in [6.07, 6.45) is 12.1. The van der Waals surface area contributed by atoms with E-state index < -0.39 is 0 Å². The lowest BCUT2D eigenvalue weighted by Gasteiger charge is -2.17. The summed E-state index contributed by atoms with van der Waals surface area (Å²) in [5, 5.41) is 16.4. The topological polar surface area (TPSA) is 50.1 Å². The van der Waals surface area contributed by atoms with Crippen molar-refractivity contribution < 1.29 is 5.11 Å². The number of aromatic nitrogens is 2. The van der Waals surface area contributed by atoms with Crippen molar-refractivity contribution >= 4 is 0 Å². The maximum atomic E-state index is 8.79. The van der Waals surface area contributed by atoms with Gasteiger partial charge in [0.15, 0.2) is 0 Å². The third-order valence-corrected chi connectivity index (χ3v) is 3.16. The Hall–Kier alpha value is -1.13. The van der Waals surface area contributed by atoms with Gasteiger partial charge in [-0.05, 0) is 31.7 Å². The highest BCUT2D eigenvalue weighted by atomic mass is 16.3. The SMILES string of the molecule is OCCn1cc(CNCC2CC=CCC2)cn1. The number of rotatable bonds is 6. The molecule has 1 aromatic rings. The molecule has 0 bridgehead atoms. The van der Waals surface area contributed by atoms with E-state index in [-0.39, 0.29) is 6.61 Å². The van der Waals surface area contributed by atoms with Crippen LogP contribution in [0.15, 0.2) is 24.5 Å². The molecular formula is C13H21N3O. The Morgan fingerprint density at radius 1 is 1.47 bits per heavy atom. The lowest BCUT2D eigenvalue weighted by molar-refractivity contribution is 0.269. The molecule has 4 nitrogen and oxygen atoms in total. The molecule has 1 aromatic heterocycles. The third-order valence-electron chi connectivity index (χ3n) is 3.16. The maximum Gasteiger partial charge on any atom is 0.0640 e. The van der Waals surface area contributed by atoms with E-state index in [9.17, 15) is 0 Å². The Morgan fingerprint density at radius 3 is 3.18 bits per heavy atom. The van der Waals surface area contributed by atoms with Crippen molar-refractivity contribution in [1.82, 2.24) is 15.1 Å². The molecule has 1 aliphatic carbocycles. The van der Waals surface area contributed by atoms with Gasteiger partial charge in [-0.15, -0.1) is 0 Å². The van der Waals surface area contributed by atoms with Gasteiger partial charge in [0, 0.05) is 18.3 Å². The van der Waals surface area contributed by atoms with Crippen LogP contribution in [0, 0.1) is 5.92 Å². The summed E-state index contributed by atoms with van der Waals surface area (Å²) in [4.78, 5) is 0. The number of aliphatic hydroxyl groups excluding tert-OH is 1. The molecule has 1 unspecified atom stereocenters. The molecule has 0 spiro atoms. The van der Waals surface area contributed by atoms with E-state index in [0.717, 1.165) is 19.0 Å². The van der Waals surface area contributed by atoms with Gasteiger partial charge in [0.2, 0.25) is 0 Å². The van der Waals surface area contributed by atoms with Gasteiger partial charge in [-0.25, -0.2) is 0 Å². The molecule has 0 fully saturated rings. The van der Waals surface area contributed by atoms with Crippen molar-refractivity contribution in [3.63, 3.8) is 0 Å². The van der Waals surface area contributed by atoms with Crippen LogP contribution in [0.1, 0.15) is 24.8 Å². The molecule has 1 aliphatic rings. The van der Waals surface area contributed by atoms with Crippen molar-refractivity contribution in [3.8, 4) is 0 Å². The third kappa shape index (κ3) is 3.98. The van der Waals surface area contributed by atoms with E-state index in [1.807, 2.05) is 12.4 Å². The van der Waals surface area contributed by atoms with Crippen molar-refractivity contribution in [1.29, 1.82) is 0 Å². The molecule has 17 heavy (non-hydrogen) atoms. The predicted molar refractivity (Wildman–Crippen MR) is 67.5 cm³/mol. The highest BCUT2D eigenvalue weighted by Crippen LogP contribution is 2.16. The Bertz CT molecular complexity index is 359. The first-order valence-corrected chi connectivity index (χ1v) is 6.36. The Morgan fingerprint density at radius 2 is 2.41 bits per heavy atom. The zero-order valence-corrected chi connectivity index (χ0v) is 10.2. The highest BCUT2D eigenvalue weighted by Gasteiger charge is 2.09. The predicted octanol–water partition coefficient (Wildman–Crippen LogP) is 1.32. The van der Waals surface area contributed by atoms with Gasteiger partial charge in [-0.2, -0.15) is 5.10 Å². The summed E-state index contributed by atoms with van der Waals surface area (Å²) in [6.45, 7) is 2.66. The standard InChI is InChI=1S/C13H21N3O/c17-7-6-16-11-13(10-15-16)9-14-8-12-4-2-1-3-5-12/h1-2,10-12,14,17H,3-9H2. The van der Waals surface area contributed by atoms with E-state index in [1.54, 1.807) is 4.68 Å². The van der Waals surface area contributed by atoms with Gasteiger partial charge in [0.1, 0.15) is 0 Å². The van der Waals surface area contributed by atoms with Gasteiger partial charge in [0.25, 0.3) is 0 Å². The Balaban J connectivity index is 1.68. The first kappa shape index (κ1) is 12.3. The molecule has 4 heteroatoms. The monoisotopic (exact) mass is 235 g/mol. The molecule has 0 aromatic carbocycles. The zero-order valence-electron chi connectivity index (χ0n) is 10.2. The largest absolute Gasteiger partial charge is 0.394 e. The molecular weight excluding hydrogens is 214 g/mol. The van der Waals surface area contributed by atoms with Crippen LogP contribution in [-0.4, -0.2) is 28.0 Å². The molecule has 1 heterocycles. The second-order valence-corrected chi connectivity index (χ2v) is 4.62. The summed E-state index contributed by atoms with van der Waals surface area (Å²) in [5.41, 5.74) is 1.19. The summed E-state index contributed by atoms with van der Waals surface area (Å²) in [5.74, 6) is 0.785. The highest BCUT2D eigenvalue weighted by molar-refractivity contribution is 5.03. The number of nitrogens with zero attached hydrogens (tertiary/aromatic N) is 2. The fourth-order valence-electron chi connectivity index (χ4n) is 2.18. The van der Waals surface area contributed by atoms with Gasteiger partial charge in [-0.1, -0.05) is 12.2 Å². The number of hydrogen-bond acceptors (Lipinski definition) is 3. The fraction of sp³-hybridized carbons (Fsp3) is 0.615. The zero-order chi connectivity index (χ0) is 11.9. The second-order valence-electron chi connectivity index (χ2n) is 4.62. The van der Waals surface area contributed by atoms with Crippen LogP contribution in [0.5, 0.6) is 0 Å². The molecule has 0 saturated heterocycles. The number of allylic oxidation sites excluding steroid dienone is 2. The first-order valence-electron chi connectivity index (χ1n) is 6.36. The van der Waals surface area contributed by atoms with Crippen LogP contribution in [0.4, 0.5) is 0 Å². The smallest absolute Gasteiger partial charge is 0.0640 e. The molecule has 0 radical (unpaired) electrons. The van der Waals surface area contributed by atoms with Crippen molar-refractivity contribution in [2.75, 3.05) is 13.2 Å². The minimum atomic E-state index is 0.142. The first-order chi connectivity index (χ1) is 8.38.